The van der Waals surface area contributed by atoms with Gasteiger partial charge in [-0.15, -0.1) is 6.58 Å². The molecule has 0 heterocycles. The normalized spacial score (nSPS) is 14.6. The van der Waals surface area contributed by atoms with E-state index >= 15 is 0 Å². The van der Waals surface area contributed by atoms with E-state index in [1.165, 1.54) is 24.0 Å². The molecule has 22 heavy (non-hydrogen) atoms. The molecule has 4 heteroatoms. The fourth-order valence-corrected chi connectivity index (χ4v) is 2.67. The van der Waals surface area contributed by atoms with Gasteiger partial charge < -0.3 is 10.1 Å². The summed E-state index contributed by atoms with van der Waals surface area (Å²) in [6.45, 7) is 5.46. The molecule has 0 bridgehead atoms. The first kappa shape index (κ1) is 16.3. The minimum Gasteiger partial charge on any atom is -0.452 e. The number of hydrogen-bond acceptors (Lipinski definition) is 3. The van der Waals surface area contributed by atoms with Crippen LogP contribution in [0.4, 0.5) is 0 Å². The number of carbonyl (C=O) groups excluding carboxylic acids is 2. The number of nitrogens with one attached hydrogen (secondary N) is 1. The van der Waals surface area contributed by atoms with Gasteiger partial charge in [-0.25, -0.2) is 0 Å². The molecule has 1 N–H and O–H groups in total. The number of benzene rings is 1. The van der Waals surface area contributed by atoms with Gasteiger partial charge >= 0.3 is 5.97 Å². The van der Waals surface area contributed by atoms with Crippen LogP contribution in [-0.4, -0.2) is 24.5 Å². The average Bonchev–Trinajstić information content (AvgIpc) is 2.52. The van der Waals surface area contributed by atoms with Crippen LogP contribution in [0.25, 0.3) is 0 Å². The van der Waals surface area contributed by atoms with E-state index in [-0.39, 0.29) is 18.3 Å². The highest BCUT2D eigenvalue weighted by atomic mass is 16.5. The highest BCUT2D eigenvalue weighted by Crippen LogP contribution is 2.22. The van der Waals surface area contributed by atoms with E-state index < -0.39 is 6.10 Å². The second kappa shape index (κ2) is 7.78. The Labute approximate surface area is 131 Å². The largest absolute Gasteiger partial charge is 0.452 e. The van der Waals surface area contributed by atoms with Crippen LogP contribution >= 0.6 is 0 Å². The average molecular weight is 301 g/mol. The van der Waals surface area contributed by atoms with Crippen LogP contribution in [0.2, 0.25) is 0 Å². The molecule has 0 aliphatic heterocycles. The Bertz CT molecular complexity index is 565. The van der Waals surface area contributed by atoms with Crippen LogP contribution in [0.3, 0.4) is 0 Å². The van der Waals surface area contributed by atoms with Gasteiger partial charge in [0, 0.05) is 6.54 Å². The Balaban J connectivity index is 1.89. The molecule has 0 saturated heterocycles. The number of rotatable bonds is 6. The molecule has 2 rings (SSSR count). The van der Waals surface area contributed by atoms with Crippen molar-refractivity contribution >= 4 is 11.9 Å². The predicted octanol–water partition coefficient (Wildman–Crippen LogP) is 2.34. The summed E-state index contributed by atoms with van der Waals surface area (Å²) in [6, 6.07) is 6.18. The van der Waals surface area contributed by atoms with E-state index in [1.54, 1.807) is 13.0 Å². The summed E-state index contributed by atoms with van der Waals surface area (Å²) in [5.74, 6) is -0.685. The van der Waals surface area contributed by atoms with Gasteiger partial charge in [0.25, 0.3) is 5.91 Å². The molecule has 0 fully saturated rings. The molecule has 0 unspecified atom stereocenters. The van der Waals surface area contributed by atoms with E-state index in [0.717, 1.165) is 18.4 Å². The fraction of sp³-hybridized carbons (Fsp3) is 0.444. The highest BCUT2D eigenvalue weighted by molar-refractivity contribution is 5.84. The minimum atomic E-state index is -0.787. The molecule has 4 nitrogen and oxygen atoms in total. The van der Waals surface area contributed by atoms with Crippen LogP contribution in [0.15, 0.2) is 30.9 Å². The zero-order chi connectivity index (χ0) is 15.9. The summed E-state index contributed by atoms with van der Waals surface area (Å²) in [7, 11) is 0. The predicted molar refractivity (Wildman–Crippen MR) is 85.5 cm³/mol. The summed E-state index contributed by atoms with van der Waals surface area (Å²) < 4.78 is 5.17. The van der Waals surface area contributed by atoms with Crippen molar-refractivity contribution in [3.05, 3.63) is 47.5 Å². The molecule has 1 aromatic carbocycles. The minimum absolute atomic E-state index is 0.201. The summed E-state index contributed by atoms with van der Waals surface area (Å²) in [6.07, 6.45) is 5.66. The van der Waals surface area contributed by atoms with Gasteiger partial charge in [0.15, 0.2) is 6.10 Å². The molecular formula is C18H23NO3. The smallest absolute Gasteiger partial charge is 0.311 e. The number of ether oxygens (including phenoxy) is 1. The molecule has 118 valence electrons. The topological polar surface area (TPSA) is 55.4 Å². The van der Waals surface area contributed by atoms with Gasteiger partial charge in [0.2, 0.25) is 0 Å². The number of hydrogen-bond donors (Lipinski definition) is 1. The van der Waals surface area contributed by atoms with Crippen molar-refractivity contribution in [3.63, 3.8) is 0 Å². The quantitative estimate of drug-likeness (QED) is 0.648. The van der Waals surface area contributed by atoms with Crippen molar-refractivity contribution < 1.29 is 14.3 Å². The lowest BCUT2D eigenvalue weighted by Crippen LogP contribution is -2.36. The standard InChI is InChI=1S/C18H23NO3/c1-3-10-19-18(21)13(2)22-17(20)12-14-8-9-15-6-4-5-7-16(15)11-14/h3,8-9,11,13H,1,4-7,10,12H2,2H3,(H,19,21)/t13-/m0/s1. The van der Waals surface area contributed by atoms with Gasteiger partial charge in [0.1, 0.15) is 0 Å². The number of amides is 1. The van der Waals surface area contributed by atoms with Crippen molar-refractivity contribution in [2.24, 2.45) is 0 Å². The SMILES string of the molecule is C=CCNC(=O)[C@H](C)OC(=O)Cc1ccc2c(c1)CCCC2. The van der Waals surface area contributed by atoms with E-state index in [0.29, 0.717) is 6.54 Å². The molecule has 0 saturated carbocycles. The van der Waals surface area contributed by atoms with Gasteiger partial charge in [-0.05, 0) is 49.3 Å². The summed E-state index contributed by atoms with van der Waals surface area (Å²) in [5.41, 5.74) is 3.68. The second-order valence-electron chi connectivity index (χ2n) is 5.65. The molecule has 0 aromatic heterocycles. The van der Waals surface area contributed by atoms with Gasteiger partial charge in [-0.2, -0.15) is 0 Å². The fourth-order valence-electron chi connectivity index (χ4n) is 2.67. The van der Waals surface area contributed by atoms with E-state index in [4.69, 9.17) is 4.74 Å². The maximum Gasteiger partial charge on any atom is 0.311 e. The van der Waals surface area contributed by atoms with Crippen molar-refractivity contribution in [3.8, 4) is 0 Å². The molecule has 1 atom stereocenters. The Hall–Kier alpha value is -2.10. The summed E-state index contributed by atoms with van der Waals surface area (Å²) >= 11 is 0. The van der Waals surface area contributed by atoms with Crippen molar-refractivity contribution in [1.29, 1.82) is 0 Å². The number of esters is 1. The third kappa shape index (κ3) is 4.45. The Morgan fingerprint density at radius 3 is 2.77 bits per heavy atom. The van der Waals surface area contributed by atoms with Crippen molar-refractivity contribution in [1.82, 2.24) is 5.32 Å². The van der Waals surface area contributed by atoms with Crippen LogP contribution in [0.5, 0.6) is 0 Å². The van der Waals surface area contributed by atoms with E-state index in [2.05, 4.69) is 24.0 Å². The highest BCUT2D eigenvalue weighted by Gasteiger charge is 2.18. The third-order valence-electron chi connectivity index (χ3n) is 3.86. The first-order valence-electron chi connectivity index (χ1n) is 7.79. The molecule has 0 spiro atoms. The van der Waals surface area contributed by atoms with Crippen LogP contribution in [-0.2, 0) is 33.6 Å². The van der Waals surface area contributed by atoms with Crippen LogP contribution in [0.1, 0.15) is 36.5 Å². The summed E-state index contributed by atoms with van der Waals surface area (Å²) in [4.78, 5) is 23.6. The number of aryl methyl sites for hydroxylation is 2. The third-order valence-corrected chi connectivity index (χ3v) is 3.86. The van der Waals surface area contributed by atoms with E-state index in [9.17, 15) is 9.59 Å². The molecule has 1 aliphatic carbocycles. The molecule has 1 aliphatic rings. The van der Waals surface area contributed by atoms with Crippen molar-refractivity contribution in [2.45, 2.75) is 45.1 Å². The maximum absolute atomic E-state index is 11.9. The monoisotopic (exact) mass is 301 g/mol. The van der Waals surface area contributed by atoms with E-state index in [1.807, 2.05) is 6.07 Å². The zero-order valence-corrected chi connectivity index (χ0v) is 13.1. The first-order valence-corrected chi connectivity index (χ1v) is 7.79. The number of fused-ring (bicyclic) bond motifs is 1. The molecule has 1 aromatic rings. The van der Waals surface area contributed by atoms with Gasteiger partial charge in [0.05, 0.1) is 6.42 Å². The molecular weight excluding hydrogens is 278 g/mol. The van der Waals surface area contributed by atoms with Gasteiger partial charge in [-0.1, -0.05) is 24.3 Å². The Morgan fingerprint density at radius 1 is 1.32 bits per heavy atom. The lowest BCUT2D eigenvalue weighted by Gasteiger charge is -2.17. The van der Waals surface area contributed by atoms with Crippen LogP contribution < -0.4 is 5.32 Å². The zero-order valence-electron chi connectivity index (χ0n) is 13.1. The lowest BCUT2D eigenvalue weighted by atomic mass is 9.90. The first-order chi connectivity index (χ1) is 10.6. The second-order valence-corrected chi connectivity index (χ2v) is 5.65. The van der Waals surface area contributed by atoms with Crippen molar-refractivity contribution in [2.75, 3.05) is 6.54 Å². The maximum atomic E-state index is 11.9. The summed E-state index contributed by atoms with van der Waals surface area (Å²) in [5, 5.41) is 2.61. The molecule has 1 amide bonds. The lowest BCUT2D eigenvalue weighted by molar-refractivity contribution is -0.154. The van der Waals surface area contributed by atoms with Gasteiger partial charge in [-0.3, -0.25) is 9.59 Å². The number of carbonyl (C=O) groups is 2. The van der Waals surface area contributed by atoms with Crippen LogP contribution in [0, 0.1) is 0 Å². The Kier molecular flexibility index (Phi) is 5.75. The molecule has 0 radical (unpaired) electrons. The Morgan fingerprint density at radius 2 is 2.05 bits per heavy atom.